The van der Waals surface area contributed by atoms with Gasteiger partial charge in [0.2, 0.25) is 5.82 Å². The van der Waals surface area contributed by atoms with Gasteiger partial charge in [-0.2, -0.15) is 13.2 Å². The largest absolute Gasteiger partial charge is 0.451 e. The summed E-state index contributed by atoms with van der Waals surface area (Å²) in [5, 5.41) is 9.03. The van der Waals surface area contributed by atoms with E-state index in [1.165, 1.54) is 4.90 Å². The maximum absolute atomic E-state index is 12.6. The van der Waals surface area contributed by atoms with Gasteiger partial charge in [0, 0.05) is 13.1 Å². The number of terminal acetylenes is 1. The van der Waals surface area contributed by atoms with E-state index in [9.17, 15) is 18.0 Å². The van der Waals surface area contributed by atoms with Gasteiger partial charge in [0.25, 0.3) is 0 Å². The number of nitrogens with one attached hydrogen (secondary N) is 1. The standard InChI is InChI=1S/C10H10F3N5O/c1-2-3-14-9(19)17-4-5-18-7(6-17)15-16-8(18)10(11,12)13/h1H,3-6H2,(H,14,19). The topological polar surface area (TPSA) is 63.1 Å². The first-order chi connectivity index (χ1) is 8.93. The number of fused-ring (bicyclic) bond motifs is 1. The number of amides is 2. The van der Waals surface area contributed by atoms with Gasteiger partial charge >= 0.3 is 12.2 Å². The number of hydrogen-bond donors (Lipinski definition) is 1. The summed E-state index contributed by atoms with van der Waals surface area (Å²) in [5.41, 5.74) is 0. The average molecular weight is 273 g/mol. The van der Waals surface area contributed by atoms with Crippen molar-refractivity contribution in [3.63, 3.8) is 0 Å². The molecule has 0 atom stereocenters. The predicted octanol–water partition coefficient (Wildman–Crippen LogP) is 0.455. The first-order valence-electron chi connectivity index (χ1n) is 5.39. The zero-order chi connectivity index (χ0) is 14.0. The van der Waals surface area contributed by atoms with Crippen LogP contribution >= 0.6 is 0 Å². The predicted molar refractivity (Wildman–Crippen MR) is 57.7 cm³/mol. The summed E-state index contributed by atoms with van der Waals surface area (Å²) in [6.45, 7) is 0.181. The minimum atomic E-state index is -4.54. The minimum Gasteiger partial charge on any atom is -0.327 e. The molecule has 0 aliphatic carbocycles. The summed E-state index contributed by atoms with van der Waals surface area (Å²) < 4.78 is 38.8. The molecule has 0 bridgehead atoms. The van der Waals surface area contributed by atoms with E-state index in [1.54, 1.807) is 0 Å². The Bertz CT molecular complexity index is 530. The highest BCUT2D eigenvalue weighted by Crippen LogP contribution is 2.29. The van der Waals surface area contributed by atoms with Gasteiger partial charge in [-0.1, -0.05) is 5.92 Å². The molecule has 0 fully saturated rings. The fourth-order valence-corrected chi connectivity index (χ4v) is 1.78. The molecule has 0 saturated heterocycles. The SMILES string of the molecule is C#CCNC(=O)N1CCn2c(nnc2C(F)(F)F)C1. The minimum absolute atomic E-state index is 0.000645. The molecule has 2 rings (SSSR count). The van der Waals surface area contributed by atoms with Gasteiger partial charge in [0.15, 0.2) is 5.82 Å². The zero-order valence-corrected chi connectivity index (χ0v) is 9.74. The summed E-state index contributed by atoms with van der Waals surface area (Å²) in [4.78, 5) is 12.9. The molecule has 1 N–H and O–H groups in total. The Balaban J connectivity index is 2.12. The van der Waals surface area contributed by atoms with Crippen molar-refractivity contribution >= 4 is 6.03 Å². The third-order valence-electron chi connectivity index (χ3n) is 2.64. The van der Waals surface area contributed by atoms with E-state index in [0.717, 1.165) is 4.57 Å². The Morgan fingerprint density at radius 1 is 1.42 bits per heavy atom. The van der Waals surface area contributed by atoms with Crippen LogP contribution in [0.2, 0.25) is 0 Å². The summed E-state index contributed by atoms with van der Waals surface area (Å²) in [5.74, 6) is 1.31. The number of hydrogen-bond acceptors (Lipinski definition) is 3. The second-order valence-corrected chi connectivity index (χ2v) is 3.87. The van der Waals surface area contributed by atoms with Gasteiger partial charge in [-0.25, -0.2) is 4.79 Å². The number of alkyl halides is 3. The molecule has 19 heavy (non-hydrogen) atoms. The van der Waals surface area contributed by atoms with Crippen LogP contribution in [0.1, 0.15) is 11.6 Å². The number of halogens is 3. The van der Waals surface area contributed by atoms with Crippen molar-refractivity contribution in [1.29, 1.82) is 0 Å². The Labute approximate surface area is 106 Å². The molecule has 9 heteroatoms. The van der Waals surface area contributed by atoms with Crippen LogP contribution in [0.3, 0.4) is 0 Å². The molecule has 0 aromatic carbocycles. The molecule has 0 unspecified atom stereocenters. The fourth-order valence-electron chi connectivity index (χ4n) is 1.78. The van der Waals surface area contributed by atoms with Crippen LogP contribution in [-0.2, 0) is 19.3 Å². The summed E-state index contributed by atoms with van der Waals surface area (Å²) in [6.07, 6.45) is 0.457. The van der Waals surface area contributed by atoms with Crippen molar-refractivity contribution in [1.82, 2.24) is 25.0 Å². The van der Waals surface area contributed by atoms with Gasteiger partial charge < -0.3 is 14.8 Å². The summed E-state index contributed by atoms with van der Waals surface area (Å²) >= 11 is 0. The Morgan fingerprint density at radius 2 is 2.16 bits per heavy atom. The van der Waals surface area contributed by atoms with Crippen molar-refractivity contribution in [3.05, 3.63) is 11.6 Å². The average Bonchev–Trinajstić information content (AvgIpc) is 2.78. The van der Waals surface area contributed by atoms with Gasteiger partial charge in [-0.15, -0.1) is 16.6 Å². The highest BCUT2D eigenvalue weighted by Gasteiger charge is 2.39. The third kappa shape index (κ3) is 2.62. The maximum atomic E-state index is 12.6. The Morgan fingerprint density at radius 3 is 2.79 bits per heavy atom. The van der Waals surface area contributed by atoms with E-state index in [1.807, 2.05) is 0 Å². The van der Waals surface area contributed by atoms with E-state index < -0.39 is 18.0 Å². The van der Waals surface area contributed by atoms with Crippen molar-refractivity contribution in [2.45, 2.75) is 19.3 Å². The van der Waals surface area contributed by atoms with Crippen LogP contribution in [0, 0.1) is 12.3 Å². The smallest absolute Gasteiger partial charge is 0.327 e. The van der Waals surface area contributed by atoms with Crippen LogP contribution in [0.4, 0.5) is 18.0 Å². The fraction of sp³-hybridized carbons (Fsp3) is 0.500. The highest BCUT2D eigenvalue weighted by atomic mass is 19.4. The maximum Gasteiger partial charge on any atom is 0.451 e. The second kappa shape index (κ2) is 4.79. The summed E-state index contributed by atoms with van der Waals surface area (Å²) in [7, 11) is 0. The molecule has 0 spiro atoms. The molecule has 1 aliphatic rings. The molecule has 1 aliphatic heterocycles. The van der Waals surface area contributed by atoms with E-state index in [4.69, 9.17) is 6.42 Å². The first-order valence-corrected chi connectivity index (χ1v) is 5.39. The van der Waals surface area contributed by atoms with E-state index >= 15 is 0 Å². The molecule has 0 saturated carbocycles. The Kier molecular flexibility index (Phi) is 3.33. The van der Waals surface area contributed by atoms with Crippen molar-refractivity contribution in [2.24, 2.45) is 0 Å². The second-order valence-electron chi connectivity index (χ2n) is 3.87. The molecular formula is C10H10F3N5O. The molecule has 2 heterocycles. The zero-order valence-electron chi connectivity index (χ0n) is 9.74. The number of rotatable bonds is 1. The lowest BCUT2D eigenvalue weighted by molar-refractivity contribution is -0.147. The highest BCUT2D eigenvalue weighted by molar-refractivity contribution is 5.74. The number of carbonyl (C=O) groups excluding carboxylic acids is 1. The molecule has 0 radical (unpaired) electrons. The van der Waals surface area contributed by atoms with E-state index in [0.29, 0.717) is 0 Å². The number of nitrogens with zero attached hydrogens (tertiary/aromatic N) is 4. The summed E-state index contributed by atoms with van der Waals surface area (Å²) in [6, 6.07) is -0.430. The van der Waals surface area contributed by atoms with Crippen molar-refractivity contribution in [2.75, 3.05) is 13.1 Å². The van der Waals surface area contributed by atoms with Gasteiger partial charge in [0.1, 0.15) is 0 Å². The quantitative estimate of drug-likeness (QED) is 0.756. The lowest BCUT2D eigenvalue weighted by Crippen LogP contribution is -2.44. The lowest BCUT2D eigenvalue weighted by atomic mass is 10.3. The lowest BCUT2D eigenvalue weighted by Gasteiger charge is -2.27. The van der Waals surface area contributed by atoms with Crippen LogP contribution < -0.4 is 5.32 Å². The monoisotopic (exact) mass is 273 g/mol. The first kappa shape index (κ1) is 13.2. The molecular weight excluding hydrogens is 263 g/mol. The van der Waals surface area contributed by atoms with Gasteiger partial charge in [-0.3, -0.25) is 0 Å². The number of aromatic nitrogens is 3. The molecule has 6 nitrogen and oxygen atoms in total. The van der Waals surface area contributed by atoms with Crippen LogP contribution in [0.5, 0.6) is 0 Å². The molecule has 1 aromatic rings. The van der Waals surface area contributed by atoms with Gasteiger partial charge in [0.05, 0.1) is 13.1 Å². The molecule has 2 amide bonds. The normalized spacial score (nSPS) is 14.7. The number of urea groups is 1. The van der Waals surface area contributed by atoms with Crippen molar-refractivity contribution < 1.29 is 18.0 Å². The Hall–Kier alpha value is -2.24. The number of carbonyl (C=O) groups is 1. The van der Waals surface area contributed by atoms with Crippen LogP contribution in [0.25, 0.3) is 0 Å². The molecule has 1 aromatic heterocycles. The van der Waals surface area contributed by atoms with E-state index in [2.05, 4.69) is 21.4 Å². The van der Waals surface area contributed by atoms with Crippen molar-refractivity contribution in [3.8, 4) is 12.3 Å². The van der Waals surface area contributed by atoms with Crippen LogP contribution in [0.15, 0.2) is 0 Å². The third-order valence-corrected chi connectivity index (χ3v) is 2.64. The van der Waals surface area contributed by atoms with Gasteiger partial charge in [-0.05, 0) is 0 Å². The van der Waals surface area contributed by atoms with E-state index in [-0.39, 0.29) is 32.0 Å². The van der Waals surface area contributed by atoms with Crippen LogP contribution in [-0.4, -0.2) is 38.8 Å². The molecule has 102 valence electrons.